The Hall–Kier alpha value is -0.924. The second-order valence-corrected chi connectivity index (χ2v) is 10.5. The van der Waals surface area contributed by atoms with Crippen LogP contribution < -0.4 is 0 Å². The maximum absolute atomic E-state index is 10.4. The zero-order valence-corrected chi connectivity index (χ0v) is 30.5. The van der Waals surface area contributed by atoms with Crippen molar-refractivity contribution in [3.05, 3.63) is 7.43 Å². The van der Waals surface area contributed by atoms with E-state index in [0.29, 0.717) is 26.2 Å². The second kappa shape index (κ2) is 46.5. The van der Waals surface area contributed by atoms with Crippen LogP contribution >= 0.6 is 0 Å². The van der Waals surface area contributed by atoms with Gasteiger partial charge in [0.25, 0.3) is 0 Å². The van der Waals surface area contributed by atoms with Gasteiger partial charge in [-0.15, -0.1) is 0 Å². The van der Waals surface area contributed by atoms with Crippen molar-refractivity contribution in [3.63, 3.8) is 0 Å². The molecule has 2 atom stereocenters. The first kappa shape index (κ1) is 55.5. The summed E-state index contributed by atoms with van der Waals surface area (Å²) in [5.74, 6) is -1.51. The summed E-state index contributed by atoms with van der Waals surface area (Å²) in [7, 11) is 0. The molecule has 0 saturated heterocycles. The minimum absolute atomic E-state index is 0. The summed E-state index contributed by atoms with van der Waals surface area (Å²) in [4.78, 5) is 25.0. The van der Waals surface area contributed by atoms with Gasteiger partial charge >= 0.3 is 11.9 Å². The van der Waals surface area contributed by atoms with Crippen molar-refractivity contribution >= 4 is 11.9 Å². The number of nitrogens with zero attached hydrogens (tertiary/aromatic N) is 2. The number of hydrogen-bond donors (Lipinski definition) is 6. The van der Waals surface area contributed by atoms with Gasteiger partial charge in [0.1, 0.15) is 0 Å². The molecule has 11 heteroatoms. The maximum atomic E-state index is 10.4. The predicted octanol–water partition coefficient (Wildman–Crippen LogP) is 5.17. The quantitative estimate of drug-likeness (QED) is 0.0749. The third kappa shape index (κ3) is 43.2. The number of rotatable bonds is 24. The number of aliphatic hydroxyl groups excluding tert-OH is 4. The summed E-state index contributed by atoms with van der Waals surface area (Å²) in [6.07, 6.45) is 12.0. The van der Waals surface area contributed by atoms with Gasteiger partial charge in [-0.2, -0.15) is 0 Å². The topological polar surface area (TPSA) is 162 Å². The van der Waals surface area contributed by atoms with Gasteiger partial charge in [-0.1, -0.05) is 80.1 Å². The third-order valence-electron chi connectivity index (χ3n) is 6.82. The Bertz CT molecular complexity index is 490. The van der Waals surface area contributed by atoms with Gasteiger partial charge in [0.15, 0.2) is 0 Å². The van der Waals surface area contributed by atoms with Crippen LogP contribution in [0.5, 0.6) is 0 Å². The van der Waals surface area contributed by atoms with Crippen LogP contribution in [0.3, 0.4) is 0 Å². The summed E-state index contributed by atoms with van der Waals surface area (Å²) < 4.78 is 0. The van der Waals surface area contributed by atoms with Crippen LogP contribution in [0.4, 0.5) is 0 Å². The molecule has 0 aliphatic heterocycles. The first-order valence-electron chi connectivity index (χ1n) is 16.5. The molecule has 0 aliphatic carbocycles. The molecule has 2 unspecified atom stereocenters. The second-order valence-electron chi connectivity index (χ2n) is 10.5. The number of unbranched alkanes of at least 4 members (excludes halogenated alkanes) is 4. The summed E-state index contributed by atoms with van der Waals surface area (Å²) >= 11 is 0. The average molecular weight is 685 g/mol. The van der Waals surface area contributed by atoms with Crippen molar-refractivity contribution in [3.8, 4) is 0 Å². The molecule has 0 bridgehead atoms. The smallest absolute Gasteiger partial charge is 0.306 e. The SMILES string of the molecule is CCCCC(CC)C(=O)O.CCCCC(CC)C(=O)O.CCCCN(CCO)CCO.CCCCN(CCO)CCO.[CH3+].[Co]. The van der Waals surface area contributed by atoms with E-state index < -0.39 is 11.9 Å². The normalized spacial score (nSPS) is 11.4. The Morgan fingerprint density at radius 1 is 0.500 bits per heavy atom. The molecule has 0 rings (SSSR count). The minimum atomic E-state index is -0.643. The molecular weight excluding hydrogens is 611 g/mol. The maximum Gasteiger partial charge on any atom is 0.306 e. The summed E-state index contributed by atoms with van der Waals surface area (Å²) in [6.45, 7) is 17.7. The predicted molar refractivity (Wildman–Crippen MR) is 179 cm³/mol. The first-order chi connectivity index (χ1) is 20.1. The van der Waals surface area contributed by atoms with Crippen molar-refractivity contribution in [2.45, 2.75) is 119 Å². The monoisotopic (exact) mass is 684 g/mol. The number of carboxylic acids is 2. The Balaban J connectivity index is -0.000000108. The molecule has 0 fully saturated rings. The Labute approximate surface area is 281 Å². The zero-order chi connectivity index (χ0) is 33.0. The van der Waals surface area contributed by atoms with Gasteiger partial charge < -0.3 is 30.6 Å². The molecule has 0 aromatic rings. The largest absolute Gasteiger partial charge is 0.481 e. The molecule has 0 aromatic carbocycles. The van der Waals surface area contributed by atoms with Gasteiger partial charge in [0.2, 0.25) is 0 Å². The van der Waals surface area contributed by atoms with Gasteiger partial charge in [-0.3, -0.25) is 19.4 Å². The average Bonchev–Trinajstić information content (AvgIpc) is 2.96. The van der Waals surface area contributed by atoms with E-state index in [9.17, 15) is 9.59 Å². The molecular formula is C33H73CoN2O8+. The molecule has 271 valence electrons. The molecule has 0 aromatic heterocycles. The first-order valence-corrected chi connectivity index (χ1v) is 16.5. The molecule has 0 spiro atoms. The fourth-order valence-electron chi connectivity index (χ4n) is 3.91. The van der Waals surface area contributed by atoms with Gasteiger partial charge in [-0.25, -0.2) is 0 Å². The number of aliphatic carboxylic acids is 2. The van der Waals surface area contributed by atoms with Crippen LogP contribution in [0, 0.1) is 19.3 Å². The molecule has 0 aliphatic rings. The fourth-order valence-corrected chi connectivity index (χ4v) is 3.91. The van der Waals surface area contributed by atoms with E-state index in [1.54, 1.807) is 0 Å². The minimum Gasteiger partial charge on any atom is -0.481 e. The van der Waals surface area contributed by atoms with E-state index in [4.69, 9.17) is 30.6 Å². The number of hydrogen-bond acceptors (Lipinski definition) is 8. The molecule has 10 nitrogen and oxygen atoms in total. The zero-order valence-electron chi connectivity index (χ0n) is 29.4. The van der Waals surface area contributed by atoms with Gasteiger partial charge in [0, 0.05) is 50.4 Å². The Morgan fingerprint density at radius 3 is 0.909 bits per heavy atom. The number of aliphatic hydroxyl groups is 4. The van der Waals surface area contributed by atoms with Crippen LogP contribution in [0.1, 0.15) is 119 Å². The van der Waals surface area contributed by atoms with E-state index in [-0.39, 0.29) is 62.5 Å². The van der Waals surface area contributed by atoms with Crippen molar-refractivity contribution in [1.82, 2.24) is 9.80 Å². The van der Waals surface area contributed by atoms with Crippen molar-refractivity contribution in [2.24, 2.45) is 11.8 Å². The van der Waals surface area contributed by atoms with Crippen LogP contribution in [0.25, 0.3) is 0 Å². The Kier molecular flexibility index (Phi) is 58.6. The van der Waals surface area contributed by atoms with Crippen molar-refractivity contribution < 1.29 is 57.0 Å². The van der Waals surface area contributed by atoms with E-state index in [1.165, 1.54) is 0 Å². The molecule has 44 heavy (non-hydrogen) atoms. The van der Waals surface area contributed by atoms with E-state index in [0.717, 1.165) is 90.1 Å². The van der Waals surface area contributed by atoms with Crippen molar-refractivity contribution in [2.75, 3.05) is 65.7 Å². The molecule has 6 N–H and O–H groups in total. The summed E-state index contributed by atoms with van der Waals surface area (Å²) in [5.41, 5.74) is 0. The van der Waals surface area contributed by atoms with E-state index >= 15 is 0 Å². The van der Waals surface area contributed by atoms with E-state index in [1.807, 2.05) is 13.8 Å². The van der Waals surface area contributed by atoms with E-state index in [2.05, 4.69) is 37.5 Å². The van der Waals surface area contributed by atoms with Gasteiger partial charge in [0.05, 0.1) is 38.3 Å². The molecule has 1 radical (unpaired) electrons. The standard InChI is InChI=1S/2C8H19NO2.2C8H16O2.CH3.Co/c2*1-2-3-4-9(5-7-10)6-8-11;2*1-3-5-6-7(4-2)8(9)10;;/h2*10-11H,2-8H2,1H3;2*7H,3-6H2,1-2H3,(H,9,10);1H3;/q;;;;+1;. The summed E-state index contributed by atoms with van der Waals surface area (Å²) in [5, 5.41) is 51.8. The molecule has 0 amide bonds. The fraction of sp³-hybridized carbons (Fsp3) is 0.909. The van der Waals surface area contributed by atoms with Crippen LogP contribution in [-0.4, -0.2) is 118 Å². The van der Waals surface area contributed by atoms with Gasteiger partial charge in [-0.05, 0) is 51.6 Å². The van der Waals surface area contributed by atoms with Crippen LogP contribution in [0.15, 0.2) is 0 Å². The van der Waals surface area contributed by atoms with Crippen LogP contribution in [0.2, 0.25) is 0 Å². The summed E-state index contributed by atoms with van der Waals surface area (Å²) in [6, 6.07) is 0. The van der Waals surface area contributed by atoms with Crippen LogP contribution in [-0.2, 0) is 26.4 Å². The number of carboxylic acid groups (broad SMARTS) is 2. The molecule has 0 heterocycles. The third-order valence-corrected chi connectivity index (χ3v) is 6.82. The molecule has 0 saturated carbocycles. The Morgan fingerprint density at radius 2 is 0.750 bits per heavy atom. The number of carbonyl (C=O) groups is 2. The van der Waals surface area contributed by atoms with Crippen molar-refractivity contribution in [1.29, 1.82) is 0 Å².